The Morgan fingerprint density at radius 3 is 3.08 bits per heavy atom. The summed E-state index contributed by atoms with van der Waals surface area (Å²) in [7, 11) is 2.11. The van der Waals surface area contributed by atoms with Crippen LogP contribution < -0.4 is 10.6 Å². The lowest BCUT2D eigenvalue weighted by atomic mass is 10.2. The fourth-order valence-electron chi connectivity index (χ4n) is 1.42. The maximum atomic E-state index is 5.64. The number of rotatable bonds is 2. The fraction of sp³-hybridized carbons (Fsp3) is 0.625. The molecule has 0 amide bonds. The molecule has 1 fully saturated rings. The lowest BCUT2D eigenvalue weighted by Gasteiger charge is -2.22. The first-order valence-corrected chi connectivity index (χ1v) is 6.26. The van der Waals surface area contributed by atoms with E-state index in [0.717, 1.165) is 10.1 Å². The third-order valence-electron chi connectivity index (χ3n) is 2.27. The van der Waals surface area contributed by atoms with Crippen molar-refractivity contribution in [3.63, 3.8) is 0 Å². The molecular formula is C8H13N3S2. The highest BCUT2D eigenvalue weighted by molar-refractivity contribution is 7.99. The predicted molar refractivity (Wildman–Crippen MR) is 60.7 cm³/mol. The average Bonchev–Trinajstić information content (AvgIpc) is 2.72. The molecule has 3 nitrogen and oxygen atoms in total. The number of thioether (sulfide) groups is 1. The summed E-state index contributed by atoms with van der Waals surface area (Å²) in [6, 6.07) is 0.649. The molecule has 1 saturated heterocycles. The topological polar surface area (TPSA) is 42.2 Å². The molecule has 1 aliphatic rings. The standard InChI is InChI=1S/C8H13N3S2/c1-11(6-2-3-12-5-6)8-10-4-7(9)13-8/h4,6H,2-3,5,9H2,1H3. The molecule has 1 aliphatic heterocycles. The second kappa shape index (κ2) is 3.75. The molecule has 13 heavy (non-hydrogen) atoms. The van der Waals surface area contributed by atoms with Gasteiger partial charge in [0.05, 0.1) is 6.20 Å². The summed E-state index contributed by atoms with van der Waals surface area (Å²) in [5.74, 6) is 2.49. The molecular weight excluding hydrogens is 202 g/mol. The van der Waals surface area contributed by atoms with Crippen LogP contribution in [0.4, 0.5) is 10.1 Å². The molecule has 0 bridgehead atoms. The van der Waals surface area contributed by atoms with Gasteiger partial charge in [-0.25, -0.2) is 4.98 Å². The van der Waals surface area contributed by atoms with Gasteiger partial charge < -0.3 is 10.6 Å². The van der Waals surface area contributed by atoms with Gasteiger partial charge in [0.1, 0.15) is 5.00 Å². The van der Waals surface area contributed by atoms with E-state index in [0.29, 0.717) is 6.04 Å². The lowest BCUT2D eigenvalue weighted by molar-refractivity contribution is 0.698. The summed E-state index contributed by atoms with van der Waals surface area (Å²) in [6.45, 7) is 0. The molecule has 2 heterocycles. The highest BCUT2D eigenvalue weighted by Crippen LogP contribution is 2.29. The molecule has 1 aromatic rings. The van der Waals surface area contributed by atoms with E-state index in [-0.39, 0.29) is 0 Å². The number of hydrogen-bond acceptors (Lipinski definition) is 5. The molecule has 5 heteroatoms. The summed E-state index contributed by atoms with van der Waals surface area (Å²) >= 11 is 3.58. The second-order valence-electron chi connectivity index (χ2n) is 3.17. The van der Waals surface area contributed by atoms with Crippen LogP contribution in [-0.4, -0.2) is 29.6 Å². The average molecular weight is 215 g/mol. The van der Waals surface area contributed by atoms with Crippen molar-refractivity contribution in [1.82, 2.24) is 4.98 Å². The Morgan fingerprint density at radius 2 is 2.54 bits per heavy atom. The third-order valence-corrected chi connectivity index (χ3v) is 4.33. The monoisotopic (exact) mass is 215 g/mol. The van der Waals surface area contributed by atoms with Gasteiger partial charge in [-0.1, -0.05) is 11.3 Å². The quantitative estimate of drug-likeness (QED) is 0.815. The predicted octanol–water partition coefficient (Wildman–Crippen LogP) is 1.67. The van der Waals surface area contributed by atoms with E-state index in [9.17, 15) is 0 Å². The van der Waals surface area contributed by atoms with Crippen molar-refractivity contribution in [2.45, 2.75) is 12.5 Å². The van der Waals surface area contributed by atoms with Crippen LogP contribution >= 0.6 is 23.1 Å². The highest BCUT2D eigenvalue weighted by atomic mass is 32.2. The Hall–Kier alpha value is -0.420. The van der Waals surface area contributed by atoms with Gasteiger partial charge in [0, 0.05) is 18.8 Å². The van der Waals surface area contributed by atoms with Gasteiger partial charge in [-0.15, -0.1) is 0 Å². The van der Waals surface area contributed by atoms with Crippen LogP contribution in [0.2, 0.25) is 0 Å². The summed E-state index contributed by atoms with van der Waals surface area (Å²) in [5, 5.41) is 1.84. The number of nitrogen functional groups attached to an aromatic ring is 1. The number of nitrogens with zero attached hydrogens (tertiary/aromatic N) is 2. The molecule has 0 radical (unpaired) electrons. The van der Waals surface area contributed by atoms with Crippen LogP contribution in [0.5, 0.6) is 0 Å². The minimum Gasteiger partial charge on any atom is -0.389 e. The number of aromatic nitrogens is 1. The van der Waals surface area contributed by atoms with Gasteiger partial charge in [-0.3, -0.25) is 0 Å². The minimum absolute atomic E-state index is 0.649. The van der Waals surface area contributed by atoms with Gasteiger partial charge >= 0.3 is 0 Å². The zero-order valence-corrected chi connectivity index (χ0v) is 9.20. The van der Waals surface area contributed by atoms with Crippen LogP contribution in [0.3, 0.4) is 0 Å². The normalized spacial score (nSPS) is 22.1. The van der Waals surface area contributed by atoms with E-state index in [1.165, 1.54) is 17.9 Å². The smallest absolute Gasteiger partial charge is 0.187 e. The van der Waals surface area contributed by atoms with E-state index in [1.54, 1.807) is 17.5 Å². The fourth-order valence-corrected chi connectivity index (χ4v) is 3.41. The second-order valence-corrected chi connectivity index (χ2v) is 5.36. The van der Waals surface area contributed by atoms with Crippen molar-refractivity contribution >= 4 is 33.2 Å². The summed E-state index contributed by atoms with van der Waals surface area (Å²) in [4.78, 5) is 6.52. The van der Waals surface area contributed by atoms with E-state index < -0.39 is 0 Å². The number of nitrogens with two attached hydrogens (primary N) is 1. The van der Waals surface area contributed by atoms with Crippen LogP contribution in [0.25, 0.3) is 0 Å². The Labute approximate surface area is 86.3 Å². The first kappa shape index (κ1) is 9.15. The molecule has 2 N–H and O–H groups in total. The Morgan fingerprint density at radius 1 is 1.69 bits per heavy atom. The maximum Gasteiger partial charge on any atom is 0.187 e. The van der Waals surface area contributed by atoms with Crippen molar-refractivity contribution in [2.24, 2.45) is 0 Å². The Kier molecular flexibility index (Phi) is 2.64. The van der Waals surface area contributed by atoms with Gasteiger partial charge in [0.2, 0.25) is 0 Å². The van der Waals surface area contributed by atoms with Gasteiger partial charge in [-0.2, -0.15) is 11.8 Å². The van der Waals surface area contributed by atoms with Gasteiger partial charge in [0.25, 0.3) is 0 Å². The summed E-state index contributed by atoms with van der Waals surface area (Å²) in [5.41, 5.74) is 5.64. The molecule has 72 valence electrons. The molecule has 1 aromatic heterocycles. The minimum atomic E-state index is 0.649. The van der Waals surface area contributed by atoms with Crippen molar-refractivity contribution in [2.75, 3.05) is 29.2 Å². The van der Waals surface area contributed by atoms with E-state index in [1.807, 2.05) is 11.8 Å². The third kappa shape index (κ3) is 1.91. The molecule has 0 saturated carbocycles. The van der Waals surface area contributed by atoms with Crippen LogP contribution in [-0.2, 0) is 0 Å². The Balaban J connectivity index is 2.07. The van der Waals surface area contributed by atoms with E-state index in [4.69, 9.17) is 5.73 Å². The summed E-state index contributed by atoms with van der Waals surface area (Å²) in [6.07, 6.45) is 3.00. The molecule has 0 spiro atoms. The van der Waals surface area contributed by atoms with Crippen LogP contribution in [0.1, 0.15) is 6.42 Å². The van der Waals surface area contributed by atoms with Crippen molar-refractivity contribution in [3.8, 4) is 0 Å². The number of anilines is 2. The van der Waals surface area contributed by atoms with Crippen LogP contribution in [0, 0.1) is 0 Å². The largest absolute Gasteiger partial charge is 0.389 e. The number of hydrogen-bond donors (Lipinski definition) is 1. The molecule has 0 aliphatic carbocycles. The lowest BCUT2D eigenvalue weighted by Crippen LogP contribution is -2.30. The van der Waals surface area contributed by atoms with Crippen molar-refractivity contribution < 1.29 is 0 Å². The zero-order chi connectivity index (χ0) is 9.26. The van der Waals surface area contributed by atoms with E-state index >= 15 is 0 Å². The zero-order valence-electron chi connectivity index (χ0n) is 7.56. The van der Waals surface area contributed by atoms with Crippen molar-refractivity contribution in [1.29, 1.82) is 0 Å². The molecule has 1 atom stereocenters. The first-order chi connectivity index (χ1) is 6.27. The molecule has 1 unspecified atom stereocenters. The van der Waals surface area contributed by atoms with Gasteiger partial charge in [-0.05, 0) is 12.2 Å². The molecule has 0 aromatic carbocycles. The van der Waals surface area contributed by atoms with E-state index in [2.05, 4.69) is 16.9 Å². The first-order valence-electron chi connectivity index (χ1n) is 4.29. The highest BCUT2D eigenvalue weighted by Gasteiger charge is 2.21. The summed E-state index contributed by atoms with van der Waals surface area (Å²) < 4.78 is 0. The maximum absolute atomic E-state index is 5.64. The molecule has 2 rings (SSSR count). The Bertz CT molecular complexity index is 281. The SMILES string of the molecule is CN(c1ncc(N)s1)C1CCSC1. The number of thiazole rings is 1. The van der Waals surface area contributed by atoms with Gasteiger partial charge in [0.15, 0.2) is 5.13 Å². The van der Waals surface area contributed by atoms with Crippen molar-refractivity contribution in [3.05, 3.63) is 6.20 Å². The van der Waals surface area contributed by atoms with Crippen LogP contribution in [0.15, 0.2) is 6.20 Å².